The molecule has 1 aliphatic carbocycles. The van der Waals surface area contributed by atoms with Gasteiger partial charge in [0, 0.05) is 12.7 Å². The number of rotatable bonds is 4. The van der Waals surface area contributed by atoms with Crippen LogP contribution in [0.4, 0.5) is 0 Å². The number of benzene rings is 1. The van der Waals surface area contributed by atoms with E-state index in [1.165, 1.54) is 6.26 Å². The van der Waals surface area contributed by atoms with Gasteiger partial charge in [-0.3, -0.25) is 0 Å². The minimum Gasteiger partial charge on any atom is -0.490 e. The molecule has 2 N–H and O–H groups in total. The molecule has 2 unspecified atom stereocenters. The molecule has 1 aromatic rings. The molecule has 2 rings (SSSR count). The van der Waals surface area contributed by atoms with Gasteiger partial charge in [-0.25, -0.2) is 8.42 Å². The molecule has 0 aliphatic heterocycles. The summed E-state index contributed by atoms with van der Waals surface area (Å²) in [6, 6.07) is 6.49. The van der Waals surface area contributed by atoms with Gasteiger partial charge in [-0.1, -0.05) is 12.1 Å². The molecule has 110 valence electrons. The molecule has 20 heavy (non-hydrogen) atoms. The predicted molar refractivity (Wildman–Crippen MR) is 77.8 cm³/mol. The van der Waals surface area contributed by atoms with Crippen molar-refractivity contribution in [2.75, 3.05) is 6.26 Å². The summed E-state index contributed by atoms with van der Waals surface area (Å²) in [5.41, 5.74) is 0.398. The highest BCUT2D eigenvalue weighted by atomic mass is 32.2. The summed E-state index contributed by atoms with van der Waals surface area (Å²) >= 11 is 0. The Labute approximate surface area is 119 Å². The molecular weight excluding hydrogens is 279 g/mol. The highest BCUT2D eigenvalue weighted by Gasteiger charge is 2.29. The molecule has 0 heterocycles. The zero-order valence-corrected chi connectivity index (χ0v) is 12.2. The lowest BCUT2D eigenvalue weighted by atomic mass is 9.80. The van der Waals surface area contributed by atoms with Crippen LogP contribution in [0, 0.1) is 0 Å². The Balaban J connectivity index is 1.99. The van der Waals surface area contributed by atoms with Crippen molar-refractivity contribution in [3.05, 3.63) is 24.3 Å². The Bertz CT molecular complexity index is 540. The molecule has 1 aromatic carbocycles. The van der Waals surface area contributed by atoms with Crippen LogP contribution in [0.15, 0.2) is 24.3 Å². The van der Waals surface area contributed by atoms with Crippen molar-refractivity contribution >= 4 is 22.4 Å². The molecule has 0 aromatic heterocycles. The SMILES string of the molecule is CS(=O)(=O)C1CCCC(Oc2ccc(B(O)O)cc2)C1. The van der Waals surface area contributed by atoms with Gasteiger partial charge in [-0.05, 0) is 36.9 Å². The smallest absolute Gasteiger partial charge is 0.488 e. The van der Waals surface area contributed by atoms with Crippen LogP contribution >= 0.6 is 0 Å². The fraction of sp³-hybridized carbons (Fsp3) is 0.538. The standard InChI is InChI=1S/C13H19BO5S/c1-20(17,18)13-4-2-3-12(9-13)19-11-7-5-10(6-8-11)14(15)16/h5-8,12-13,15-16H,2-4,9H2,1H3. The third-order valence-corrected chi connectivity index (χ3v) is 5.30. The van der Waals surface area contributed by atoms with E-state index in [0.717, 1.165) is 12.8 Å². The van der Waals surface area contributed by atoms with Crippen LogP contribution < -0.4 is 10.2 Å². The van der Waals surface area contributed by atoms with Crippen LogP contribution in [-0.4, -0.2) is 43.2 Å². The maximum absolute atomic E-state index is 11.6. The van der Waals surface area contributed by atoms with E-state index in [9.17, 15) is 8.42 Å². The molecule has 0 saturated heterocycles. The van der Waals surface area contributed by atoms with Crippen LogP contribution in [0.5, 0.6) is 5.75 Å². The summed E-state index contributed by atoms with van der Waals surface area (Å²) in [6.07, 6.45) is 4.08. The minimum absolute atomic E-state index is 0.103. The van der Waals surface area contributed by atoms with Gasteiger partial charge in [0.05, 0.1) is 11.4 Å². The highest BCUT2D eigenvalue weighted by molar-refractivity contribution is 7.91. The lowest BCUT2D eigenvalue weighted by Crippen LogP contribution is -2.33. The predicted octanol–water partition coefficient (Wildman–Crippen LogP) is 0.101. The van der Waals surface area contributed by atoms with Gasteiger partial charge in [0.2, 0.25) is 0 Å². The monoisotopic (exact) mass is 298 g/mol. The van der Waals surface area contributed by atoms with E-state index in [-0.39, 0.29) is 11.4 Å². The van der Waals surface area contributed by atoms with Gasteiger partial charge in [0.1, 0.15) is 15.6 Å². The van der Waals surface area contributed by atoms with Crippen LogP contribution in [0.3, 0.4) is 0 Å². The maximum Gasteiger partial charge on any atom is 0.488 e. The summed E-state index contributed by atoms with van der Waals surface area (Å²) < 4.78 is 29.0. The van der Waals surface area contributed by atoms with E-state index in [1.807, 2.05) is 0 Å². The number of hydrogen-bond acceptors (Lipinski definition) is 5. The molecule has 2 atom stereocenters. The third kappa shape index (κ3) is 3.97. The van der Waals surface area contributed by atoms with Crippen molar-refractivity contribution in [2.45, 2.75) is 37.0 Å². The van der Waals surface area contributed by atoms with Crippen LogP contribution in [0.25, 0.3) is 0 Å². The molecule has 5 nitrogen and oxygen atoms in total. The number of ether oxygens (including phenoxy) is 1. The lowest BCUT2D eigenvalue weighted by molar-refractivity contribution is 0.156. The van der Waals surface area contributed by atoms with Crippen LogP contribution in [-0.2, 0) is 9.84 Å². The summed E-state index contributed by atoms with van der Waals surface area (Å²) in [5, 5.41) is 17.7. The van der Waals surface area contributed by atoms with Crippen molar-refractivity contribution in [1.29, 1.82) is 0 Å². The topological polar surface area (TPSA) is 83.8 Å². The van der Waals surface area contributed by atoms with Crippen molar-refractivity contribution in [1.82, 2.24) is 0 Å². The Morgan fingerprint density at radius 2 is 1.85 bits per heavy atom. The first-order valence-corrected chi connectivity index (χ1v) is 8.63. The van der Waals surface area contributed by atoms with E-state index >= 15 is 0 Å². The summed E-state index contributed by atoms with van der Waals surface area (Å²) in [7, 11) is -4.51. The fourth-order valence-electron chi connectivity index (χ4n) is 2.51. The third-order valence-electron chi connectivity index (χ3n) is 3.66. The lowest BCUT2D eigenvalue weighted by Gasteiger charge is -2.28. The second-order valence-electron chi connectivity index (χ2n) is 5.30. The second kappa shape index (κ2) is 6.16. The Hall–Kier alpha value is -1.05. The van der Waals surface area contributed by atoms with Crippen LogP contribution in [0.2, 0.25) is 0 Å². The molecular formula is C13H19BO5S. The van der Waals surface area contributed by atoms with Crippen molar-refractivity contribution in [3.8, 4) is 5.75 Å². The Kier molecular flexibility index (Phi) is 4.72. The Morgan fingerprint density at radius 3 is 2.40 bits per heavy atom. The average molecular weight is 298 g/mol. The molecule has 0 spiro atoms. The summed E-state index contributed by atoms with van der Waals surface area (Å²) in [6.45, 7) is 0. The van der Waals surface area contributed by atoms with E-state index in [0.29, 0.717) is 24.1 Å². The number of sulfone groups is 1. The largest absolute Gasteiger partial charge is 0.490 e. The minimum atomic E-state index is -3.02. The van der Waals surface area contributed by atoms with E-state index in [2.05, 4.69) is 0 Å². The first kappa shape index (κ1) is 15.3. The van der Waals surface area contributed by atoms with Crippen molar-refractivity contribution in [3.63, 3.8) is 0 Å². The first-order chi connectivity index (χ1) is 9.36. The summed E-state index contributed by atoms with van der Waals surface area (Å²) in [4.78, 5) is 0. The molecule has 1 aliphatic rings. The van der Waals surface area contributed by atoms with E-state index in [1.54, 1.807) is 24.3 Å². The maximum atomic E-state index is 11.6. The number of hydrogen-bond donors (Lipinski definition) is 2. The van der Waals surface area contributed by atoms with Crippen molar-refractivity contribution < 1.29 is 23.2 Å². The second-order valence-corrected chi connectivity index (χ2v) is 7.63. The van der Waals surface area contributed by atoms with Gasteiger partial charge in [0.25, 0.3) is 0 Å². The zero-order valence-electron chi connectivity index (χ0n) is 11.4. The molecule has 0 amide bonds. The van der Waals surface area contributed by atoms with E-state index in [4.69, 9.17) is 14.8 Å². The molecule has 7 heteroatoms. The van der Waals surface area contributed by atoms with E-state index < -0.39 is 17.0 Å². The highest BCUT2D eigenvalue weighted by Crippen LogP contribution is 2.27. The molecule has 0 bridgehead atoms. The van der Waals surface area contributed by atoms with Crippen molar-refractivity contribution in [2.24, 2.45) is 0 Å². The molecule has 1 saturated carbocycles. The molecule has 0 radical (unpaired) electrons. The van der Waals surface area contributed by atoms with Gasteiger partial charge >= 0.3 is 7.12 Å². The average Bonchev–Trinajstić information content (AvgIpc) is 2.38. The van der Waals surface area contributed by atoms with Gasteiger partial charge < -0.3 is 14.8 Å². The Morgan fingerprint density at radius 1 is 1.20 bits per heavy atom. The van der Waals surface area contributed by atoms with Gasteiger partial charge in [-0.2, -0.15) is 0 Å². The van der Waals surface area contributed by atoms with Gasteiger partial charge in [0.15, 0.2) is 0 Å². The van der Waals surface area contributed by atoms with Gasteiger partial charge in [-0.15, -0.1) is 0 Å². The fourth-order valence-corrected chi connectivity index (χ4v) is 3.67. The van der Waals surface area contributed by atoms with Crippen LogP contribution in [0.1, 0.15) is 25.7 Å². The first-order valence-electron chi connectivity index (χ1n) is 6.68. The summed E-state index contributed by atoms with van der Waals surface area (Å²) in [5.74, 6) is 0.619. The quantitative estimate of drug-likeness (QED) is 0.770. The molecule has 1 fully saturated rings. The zero-order chi connectivity index (χ0) is 14.8. The normalized spacial score (nSPS) is 23.4.